The Balaban J connectivity index is 1.57. The highest BCUT2D eigenvalue weighted by atomic mass is 19.1. The van der Waals surface area contributed by atoms with Crippen LogP contribution >= 0.6 is 0 Å². The maximum absolute atomic E-state index is 13.1. The molecule has 2 unspecified atom stereocenters. The second-order valence-electron chi connectivity index (χ2n) is 7.10. The number of pyridine rings is 2. The van der Waals surface area contributed by atoms with Crippen molar-refractivity contribution >= 4 is 39.3 Å². The predicted octanol–water partition coefficient (Wildman–Crippen LogP) is 3.36. The second-order valence-corrected chi connectivity index (χ2v) is 7.10. The van der Waals surface area contributed by atoms with E-state index in [9.17, 15) is 9.18 Å². The number of carbonyl (C=O) groups excluding carboxylic acids is 1. The van der Waals surface area contributed by atoms with Gasteiger partial charge < -0.3 is 16.0 Å². The van der Waals surface area contributed by atoms with Gasteiger partial charge in [-0.1, -0.05) is 0 Å². The number of imidazole rings is 1. The molecule has 1 aliphatic carbocycles. The van der Waals surface area contributed by atoms with Crippen molar-refractivity contribution < 1.29 is 9.18 Å². The predicted molar refractivity (Wildman–Crippen MR) is 105 cm³/mol. The number of hydrogen-bond donors (Lipinski definition) is 3. The molecule has 4 aromatic rings. The number of nitrogen functional groups attached to an aromatic ring is 1. The number of nitrogens with one attached hydrogen (secondary N) is 2. The van der Waals surface area contributed by atoms with Gasteiger partial charge in [0.2, 0.25) is 5.91 Å². The minimum absolute atomic E-state index is 0.276. The van der Waals surface area contributed by atoms with Crippen LogP contribution in [0.4, 0.5) is 15.9 Å². The van der Waals surface area contributed by atoms with E-state index in [-0.39, 0.29) is 12.3 Å². The minimum Gasteiger partial charge on any atom is -0.398 e. The molecule has 0 saturated heterocycles. The summed E-state index contributed by atoms with van der Waals surface area (Å²) in [5.41, 5.74) is 11.2. The van der Waals surface area contributed by atoms with Crippen LogP contribution in [0.25, 0.3) is 33.1 Å². The van der Waals surface area contributed by atoms with E-state index in [2.05, 4.69) is 25.3 Å². The summed E-state index contributed by atoms with van der Waals surface area (Å²) in [5, 5.41) is 4.29. The fourth-order valence-corrected chi connectivity index (χ4v) is 3.47. The Bertz CT molecular complexity index is 1250. The molecule has 5 rings (SSSR count). The monoisotopic (exact) mass is 376 g/mol. The van der Waals surface area contributed by atoms with Gasteiger partial charge in [-0.15, -0.1) is 0 Å². The first-order chi connectivity index (χ1) is 13.5. The number of nitrogens with zero attached hydrogens (tertiary/aromatic N) is 3. The summed E-state index contributed by atoms with van der Waals surface area (Å²) in [6.07, 6.45) is 4.25. The van der Waals surface area contributed by atoms with Crippen LogP contribution in [0.1, 0.15) is 12.0 Å². The molecule has 0 radical (unpaired) electrons. The van der Waals surface area contributed by atoms with Gasteiger partial charge in [-0.05, 0) is 48.1 Å². The number of rotatable bonds is 3. The first kappa shape index (κ1) is 16.6. The second kappa shape index (κ2) is 5.98. The zero-order valence-corrected chi connectivity index (χ0v) is 15.0. The Morgan fingerprint density at radius 1 is 1.25 bits per heavy atom. The lowest BCUT2D eigenvalue weighted by atomic mass is 9.98. The van der Waals surface area contributed by atoms with E-state index in [4.69, 9.17) is 5.73 Å². The molecule has 1 aliphatic rings. The lowest BCUT2D eigenvalue weighted by molar-refractivity contribution is -0.117. The van der Waals surface area contributed by atoms with Crippen LogP contribution in [-0.4, -0.2) is 32.0 Å². The highest BCUT2D eigenvalue weighted by Gasteiger charge is 2.43. The average molecular weight is 376 g/mol. The first-order valence-corrected chi connectivity index (χ1v) is 8.94. The van der Waals surface area contributed by atoms with Crippen molar-refractivity contribution in [2.75, 3.05) is 11.1 Å². The van der Waals surface area contributed by atoms with Gasteiger partial charge in [0.05, 0.1) is 12.2 Å². The van der Waals surface area contributed by atoms with Gasteiger partial charge in [0, 0.05) is 29.0 Å². The molecule has 0 aliphatic heterocycles. The number of anilines is 2. The van der Waals surface area contributed by atoms with Crippen molar-refractivity contribution in [2.45, 2.75) is 19.5 Å². The maximum atomic E-state index is 13.1. The average Bonchev–Trinajstić information content (AvgIpc) is 3.21. The molecule has 1 saturated carbocycles. The number of hydrogen-bond acceptors (Lipinski definition) is 5. The van der Waals surface area contributed by atoms with Crippen molar-refractivity contribution in [1.29, 1.82) is 0 Å². The maximum Gasteiger partial charge on any atom is 0.231 e. The van der Waals surface area contributed by atoms with Gasteiger partial charge >= 0.3 is 0 Å². The number of benzene rings is 1. The number of aromatic nitrogens is 4. The Kier molecular flexibility index (Phi) is 3.55. The Labute approximate surface area is 159 Å². The molecule has 0 bridgehead atoms. The van der Waals surface area contributed by atoms with E-state index < -0.39 is 12.1 Å². The molecule has 1 amide bonds. The third-order valence-electron chi connectivity index (χ3n) is 5.18. The van der Waals surface area contributed by atoms with E-state index in [0.29, 0.717) is 11.5 Å². The van der Waals surface area contributed by atoms with Gasteiger partial charge in [-0.3, -0.25) is 4.79 Å². The number of alkyl halides is 1. The van der Waals surface area contributed by atoms with E-state index in [0.717, 1.165) is 38.6 Å². The van der Waals surface area contributed by atoms with Crippen LogP contribution in [0, 0.1) is 12.8 Å². The number of H-pyrrole nitrogens is 1. The smallest absolute Gasteiger partial charge is 0.231 e. The lowest BCUT2D eigenvalue weighted by Gasteiger charge is -2.11. The van der Waals surface area contributed by atoms with Crippen molar-refractivity contribution in [2.24, 2.45) is 5.92 Å². The molecule has 7 nitrogen and oxygen atoms in total. The zero-order valence-electron chi connectivity index (χ0n) is 15.0. The summed E-state index contributed by atoms with van der Waals surface area (Å²) < 4.78 is 13.1. The highest BCUT2D eigenvalue weighted by molar-refractivity contribution is 6.00. The molecule has 8 heteroatoms. The van der Waals surface area contributed by atoms with Gasteiger partial charge in [0.1, 0.15) is 17.5 Å². The van der Waals surface area contributed by atoms with Crippen LogP contribution in [0.15, 0.2) is 36.9 Å². The summed E-state index contributed by atoms with van der Waals surface area (Å²) in [4.78, 5) is 28.0. The van der Waals surface area contributed by atoms with E-state index in [1.165, 1.54) is 0 Å². The topological polar surface area (TPSA) is 110 Å². The van der Waals surface area contributed by atoms with Gasteiger partial charge in [-0.25, -0.2) is 19.3 Å². The standard InChI is InChI=1S/C20H17FN6O/c1-9-13(6-24-19-18(9)25-8-26-19)10-2-11-4-17(23-7-14(11)16(22)3-10)27-20(28)12-5-15(12)21/h2-4,6-8,12,15H,5,22H2,1H3,(H,23,27,28)(H,24,25,26). The Hall–Kier alpha value is -3.55. The van der Waals surface area contributed by atoms with Crippen molar-refractivity contribution in [3.8, 4) is 11.1 Å². The third kappa shape index (κ3) is 2.65. The zero-order chi connectivity index (χ0) is 19.4. The summed E-state index contributed by atoms with van der Waals surface area (Å²) in [6.45, 7) is 1.99. The van der Waals surface area contributed by atoms with E-state index >= 15 is 0 Å². The van der Waals surface area contributed by atoms with Crippen molar-refractivity contribution in [3.63, 3.8) is 0 Å². The molecule has 2 atom stereocenters. The molecule has 1 fully saturated rings. The first-order valence-electron chi connectivity index (χ1n) is 8.94. The lowest BCUT2D eigenvalue weighted by Crippen LogP contribution is -2.15. The summed E-state index contributed by atoms with van der Waals surface area (Å²) in [7, 11) is 0. The van der Waals surface area contributed by atoms with Crippen molar-refractivity contribution in [3.05, 3.63) is 42.5 Å². The Morgan fingerprint density at radius 3 is 2.86 bits per heavy atom. The van der Waals surface area contributed by atoms with Crippen LogP contribution in [0.3, 0.4) is 0 Å². The number of aromatic amines is 1. The van der Waals surface area contributed by atoms with Crippen LogP contribution in [-0.2, 0) is 4.79 Å². The highest BCUT2D eigenvalue weighted by Crippen LogP contribution is 2.36. The quantitative estimate of drug-likeness (QED) is 0.475. The normalized spacial score (nSPS) is 18.5. The molecule has 3 heterocycles. The van der Waals surface area contributed by atoms with E-state index in [1.54, 1.807) is 24.8 Å². The number of carbonyl (C=O) groups is 1. The summed E-state index contributed by atoms with van der Waals surface area (Å²) in [6, 6.07) is 5.60. The molecule has 0 spiro atoms. The minimum atomic E-state index is -1.05. The van der Waals surface area contributed by atoms with Crippen LogP contribution < -0.4 is 11.1 Å². The molecule has 4 N–H and O–H groups in total. The number of aryl methyl sites for hydroxylation is 1. The van der Waals surface area contributed by atoms with Crippen LogP contribution in [0.5, 0.6) is 0 Å². The third-order valence-corrected chi connectivity index (χ3v) is 5.18. The number of nitrogens with two attached hydrogens (primary N) is 1. The fourth-order valence-electron chi connectivity index (χ4n) is 3.47. The van der Waals surface area contributed by atoms with Gasteiger partial charge in [0.15, 0.2) is 5.65 Å². The summed E-state index contributed by atoms with van der Waals surface area (Å²) >= 11 is 0. The molecule has 3 aromatic heterocycles. The van der Waals surface area contributed by atoms with E-state index in [1.807, 2.05) is 19.1 Å². The number of halogens is 1. The molecular weight excluding hydrogens is 359 g/mol. The van der Waals surface area contributed by atoms with Crippen molar-refractivity contribution in [1.82, 2.24) is 19.9 Å². The van der Waals surface area contributed by atoms with Gasteiger partial charge in [0.25, 0.3) is 0 Å². The van der Waals surface area contributed by atoms with Gasteiger partial charge in [-0.2, -0.15) is 0 Å². The SMILES string of the molecule is Cc1c(-c2cc(N)c3cnc(NC(=O)C4CC4F)cc3c2)cnc2[nH]cnc12. The van der Waals surface area contributed by atoms with Crippen LogP contribution in [0.2, 0.25) is 0 Å². The fraction of sp³-hybridized carbons (Fsp3) is 0.200. The Morgan fingerprint density at radius 2 is 2.07 bits per heavy atom. The number of amides is 1. The molecule has 140 valence electrons. The molecule has 28 heavy (non-hydrogen) atoms. The number of fused-ring (bicyclic) bond motifs is 2. The molecular formula is C20H17FN6O. The molecule has 1 aromatic carbocycles. The largest absolute Gasteiger partial charge is 0.398 e. The summed E-state index contributed by atoms with van der Waals surface area (Å²) in [5.74, 6) is -0.526.